The zero-order valence-corrected chi connectivity index (χ0v) is 15.1. The summed E-state index contributed by atoms with van der Waals surface area (Å²) in [6.07, 6.45) is 0. The van der Waals surface area contributed by atoms with Gasteiger partial charge in [-0.3, -0.25) is 19.3 Å². The summed E-state index contributed by atoms with van der Waals surface area (Å²) in [5, 5.41) is 5.31. The van der Waals surface area contributed by atoms with Gasteiger partial charge in [0.2, 0.25) is 5.91 Å². The lowest BCUT2D eigenvalue weighted by molar-refractivity contribution is -0.119. The minimum Gasteiger partial charge on any atom is -0.353 e. The number of amidine groups is 1. The fraction of sp³-hybridized carbons (Fsp3) is 0.167. The lowest BCUT2D eigenvalue weighted by Crippen LogP contribution is -2.36. The highest BCUT2D eigenvalue weighted by Gasteiger charge is 2.30. The van der Waals surface area contributed by atoms with Crippen LogP contribution in [0.2, 0.25) is 0 Å². The van der Waals surface area contributed by atoms with Crippen molar-refractivity contribution in [3.8, 4) is 0 Å². The Morgan fingerprint density at radius 3 is 2.37 bits per heavy atom. The molecule has 9 heteroatoms. The van der Waals surface area contributed by atoms with Gasteiger partial charge in [-0.2, -0.15) is 0 Å². The SMILES string of the molecule is O=C(CN=C1NS(=O)(=O)c2ccccc21)NCCNC(=O)c1ccccc1. The summed E-state index contributed by atoms with van der Waals surface area (Å²) in [7, 11) is -3.62. The predicted molar refractivity (Wildman–Crippen MR) is 100.0 cm³/mol. The van der Waals surface area contributed by atoms with Gasteiger partial charge in [-0.1, -0.05) is 30.3 Å². The molecule has 0 aliphatic carbocycles. The van der Waals surface area contributed by atoms with Gasteiger partial charge in [0.15, 0.2) is 0 Å². The summed E-state index contributed by atoms with van der Waals surface area (Å²) in [6.45, 7) is 0.287. The zero-order chi connectivity index (χ0) is 19.3. The van der Waals surface area contributed by atoms with Crippen LogP contribution in [0.25, 0.3) is 0 Å². The van der Waals surface area contributed by atoms with E-state index in [1.54, 1.807) is 42.5 Å². The molecule has 0 aromatic heterocycles. The van der Waals surface area contributed by atoms with Crippen molar-refractivity contribution >= 4 is 27.7 Å². The normalized spacial score (nSPS) is 15.6. The Kier molecular flexibility index (Phi) is 5.51. The van der Waals surface area contributed by atoms with Crippen molar-refractivity contribution in [2.45, 2.75) is 4.90 Å². The number of fused-ring (bicyclic) bond motifs is 1. The highest BCUT2D eigenvalue weighted by atomic mass is 32.2. The van der Waals surface area contributed by atoms with E-state index in [9.17, 15) is 18.0 Å². The molecule has 27 heavy (non-hydrogen) atoms. The zero-order valence-electron chi connectivity index (χ0n) is 14.3. The number of hydrogen-bond donors (Lipinski definition) is 3. The standard InChI is InChI=1S/C18H18N4O4S/c23-16(19-10-11-20-18(24)13-6-2-1-3-7-13)12-21-17-14-8-4-5-9-15(14)27(25,26)22-17/h1-9H,10-12H2,(H,19,23)(H,20,24)(H,21,22). The number of carbonyl (C=O) groups excluding carboxylic acids is 2. The molecular weight excluding hydrogens is 368 g/mol. The van der Waals surface area contributed by atoms with E-state index in [0.29, 0.717) is 11.1 Å². The Morgan fingerprint density at radius 2 is 1.59 bits per heavy atom. The first-order chi connectivity index (χ1) is 13.0. The van der Waals surface area contributed by atoms with E-state index in [2.05, 4.69) is 20.3 Å². The molecule has 140 valence electrons. The molecule has 0 saturated heterocycles. The molecule has 8 nitrogen and oxygen atoms in total. The van der Waals surface area contributed by atoms with Crippen molar-refractivity contribution in [1.82, 2.24) is 15.4 Å². The second-order valence-corrected chi connectivity index (χ2v) is 7.39. The van der Waals surface area contributed by atoms with E-state index in [1.165, 1.54) is 6.07 Å². The molecule has 2 aromatic rings. The number of benzene rings is 2. The monoisotopic (exact) mass is 386 g/mol. The van der Waals surface area contributed by atoms with Crippen LogP contribution in [-0.2, 0) is 14.8 Å². The van der Waals surface area contributed by atoms with E-state index in [1.807, 2.05) is 6.07 Å². The van der Waals surface area contributed by atoms with E-state index < -0.39 is 10.0 Å². The van der Waals surface area contributed by atoms with Gasteiger partial charge in [-0.05, 0) is 24.3 Å². The molecule has 3 N–H and O–H groups in total. The van der Waals surface area contributed by atoms with Crippen LogP contribution in [0.1, 0.15) is 15.9 Å². The van der Waals surface area contributed by atoms with Crippen LogP contribution in [0.15, 0.2) is 64.5 Å². The number of aliphatic imine (C=N–C) groups is 1. The Labute approximate surface area is 156 Å². The number of rotatable bonds is 6. The van der Waals surface area contributed by atoms with Crippen LogP contribution in [0.4, 0.5) is 0 Å². The maximum Gasteiger partial charge on any atom is 0.263 e. The molecular formula is C18H18N4O4S. The van der Waals surface area contributed by atoms with Gasteiger partial charge in [-0.15, -0.1) is 0 Å². The van der Waals surface area contributed by atoms with Crippen LogP contribution in [-0.4, -0.2) is 45.7 Å². The van der Waals surface area contributed by atoms with E-state index in [-0.39, 0.29) is 42.2 Å². The summed E-state index contributed by atoms with van der Waals surface area (Å²) in [5.41, 5.74) is 0.989. The van der Waals surface area contributed by atoms with E-state index >= 15 is 0 Å². The Morgan fingerprint density at radius 1 is 0.926 bits per heavy atom. The fourth-order valence-corrected chi connectivity index (χ4v) is 3.78. The van der Waals surface area contributed by atoms with Crippen molar-refractivity contribution in [2.24, 2.45) is 4.99 Å². The quantitative estimate of drug-likeness (QED) is 0.618. The molecule has 0 fully saturated rings. The minimum absolute atomic E-state index is 0.146. The van der Waals surface area contributed by atoms with Crippen LogP contribution >= 0.6 is 0 Å². The lowest BCUT2D eigenvalue weighted by atomic mass is 10.2. The first-order valence-corrected chi connectivity index (χ1v) is 9.72. The molecule has 0 unspecified atom stereocenters. The van der Waals surface area contributed by atoms with Crippen molar-refractivity contribution in [3.63, 3.8) is 0 Å². The Balaban J connectivity index is 1.47. The van der Waals surface area contributed by atoms with Crippen molar-refractivity contribution < 1.29 is 18.0 Å². The minimum atomic E-state index is -3.62. The summed E-state index contributed by atoms with van der Waals surface area (Å²) in [5.74, 6) is -0.444. The van der Waals surface area contributed by atoms with Gasteiger partial charge in [0.05, 0.1) is 4.90 Å². The number of nitrogens with one attached hydrogen (secondary N) is 3. The van der Waals surface area contributed by atoms with E-state index in [4.69, 9.17) is 0 Å². The van der Waals surface area contributed by atoms with Gasteiger partial charge in [0.25, 0.3) is 15.9 Å². The topological polar surface area (TPSA) is 117 Å². The summed E-state index contributed by atoms with van der Waals surface area (Å²) in [4.78, 5) is 27.9. The molecule has 1 heterocycles. The van der Waals surface area contributed by atoms with Gasteiger partial charge < -0.3 is 10.6 Å². The van der Waals surface area contributed by atoms with Crippen molar-refractivity contribution in [3.05, 3.63) is 65.7 Å². The molecule has 2 aromatic carbocycles. The van der Waals surface area contributed by atoms with E-state index in [0.717, 1.165) is 0 Å². The molecule has 2 amide bonds. The summed E-state index contributed by atoms with van der Waals surface area (Å²) < 4.78 is 26.3. The highest BCUT2D eigenvalue weighted by Crippen LogP contribution is 2.21. The average molecular weight is 386 g/mol. The molecule has 0 spiro atoms. The highest BCUT2D eigenvalue weighted by molar-refractivity contribution is 7.90. The first kappa shape index (κ1) is 18.6. The molecule has 1 aliphatic rings. The average Bonchev–Trinajstić information content (AvgIpc) is 2.95. The van der Waals surface area contributed by atoms with Crippen LogP contribution < -0.4 is 15.4 Å². The summed E-state index contributed by atoms with van der Waals surface area (Å²) >= 11 is 0. The van der Waals surface area contributed by atoms with Crippen LogP contribution in [0.3, 0.4) is 0 Å². The molecule has 3 rings (SSSR count). The van der Waals surface area contributed by atoms with Gasteiger partial charge in [0.1, 0.15) is 12.4 Å². The number of carbonyl (C=O) groups is 2. The third-order valence-corrected chi connectivity index (χ3v) is 5.21. The fourth-order valence-electron chi connectivity index (χ4n) is 2.53. The largest absolute Gasteiger partial charge is 0.353 e. The van der Waals surface area contributed by atoms with Crippen LogP contribution in [0.5, 0.6) is 0 Å². The van der Waals surface area contributed by atoms with Crippen molar-refractivity contribution in [1.29, 1.82) is 0 Å². The molecule has 0 radical (unpaired) electrons. The third-order valence-electron chi connectivity index (χ3n) is 3.81. The number of hydrogen-bond acceptors (Lipinski definition) is 5. The predicted octanol–water partition coefficient (Wildman–Crippen LogP) is 0.271. The molecule has 1 aliphatic heterocycles. The maximum atomic E-state index is 12.0. The Bertz CT molecular complexity index is 987. The van der Waals surface area contributed by atoms with Crippen LogP contribution in [0, 0.1) is 0 Å². The third kappa shape index (κ3) is 4.50. The van der Waals surface area contributed by atoms with Gasteiger partial charge in [0, 0.05) is 24.2 Å². The Hall–Kier alpha value is -3.20. The number of nitrogens with zero attached hydrogens (tertiary/aromatic N) is 1. The first-order valence-electron chi connectivity index (χ1n) is 8.24. The lowest BCUT2D eigenvalue weighted by Gasteiger charge is -2.06. The number of sulfonamides is 1. The molecule has 0 bridgehead atoms. The summed E-state index contributed by atoms with van der Waals surface area (Å²) in [6, 6.07) is 15.2. The maximum absolute atomic E-state index is 12.0. The molecule has 0 atom stereocenters. The smallest absolute Gasteiger partial charge is 0.263 e. The second-order valence-electron chi connectivity index (χ2n) is 5.74. The molecule has 0 saturated carbocycles. The van der Waals surface area contributed by atoms with Gasteiger partial charge >= 0.3 is 0 Å². The second kappa shape index (κ2) is 8.00. The van der Waals surface area contributed by atoms with Crippen molar-refractivity contribution in [2.75, 3.05) is 19.6 Å². The number of amides is 2. The van der Waals surface area contributed by atoms with Gasteiger partial charge in [-0.25, -0.2) is 8.42 Å².